The van der Waals surface area contributed by atoms with E-state index in [-0.39, 0.29) is 5.91 Å². The van der Waals surface area contributed by atoms with Crippen LogP contribution in [-0.2, 0) is 20.1 Å². The highest BCUT2D eigenvalue weighted by atomic mass is 16.1. The Hall–Kier alpha value is -3.34. The van der Waals surface area contributed by atoms with E-state index in [0.717, 1.165) is 23.0 Å². The molecular weight excluding hydrogens is 324 g/mol. The summed E-state index contributed by atoms with van der Waals surface area (Å²) >= 11 is 0. The van der Waals surface area contributed by atoms with E-state index in [0.29, 0.717) is 12.1 Å². The maximum absolute atomic E-state index is 12.6. The van der Waals surface area contributed by atoms with Gasteiger partial charge >= 0.3 is 0 Å². The van der Waals surface area contributed by atoms with Gasteiger partial charge in [-0.25, -0.2) is 4.98 Å². The van der Waals surface area contributed by atoms with Gasteiger partial charge in [0.25, 0.3) is 5.91 Å². The number of imidazole rings is 1. The number of para-hydroxylation sites is 1. The van der Waals surface area contributed by atoms with Gasteiger partial charge in [0.15, 0.2) is 0 Å². The van der Waals surface area contributed by atoms with E-state index < -0.39 is 0 Å². The van der Waals surface area contributed by atoms with Crippen molar-refractivity contribution >= 4 is 16.8 Å². The lowest BCUT2D eigenvalue weighted by Crippen LogP contribution is -2.22. The summed E-state index contributed by atoms with van der Waals surface area (Å²) in [6.07, 6.45) is 7.40. The van der Waals surface area contributed by atoms with Gasteiger partial charge in [-0.3, -0.25) is 4.79 Å². The lowest BCUT2D eigenvalue weighted by Gasteiger charge is -2.07. The monoisotopic (exact) mass is 344 g/mol. The lowest BCUT2D eigenvalue weighted by atomic mass is 10.1. The molecule has 5 heteroatoms. The SMILES string of the molecule is Cn1cc(C(=O)NCc2ccc(Cn3ccnc3)cc2)c2ccccc21. The quantitative estimate of drug-likeness (QED) is 0.604. The van der Waals surface area contributed by atoms with Gasteiger partial charge in [-0.05, 0) is 17.2 Å². The Kier molecular flexibility index (Phi) is 4.27. The van der Waals surface area contributed by atoms with Crippen LogP contribution in [0.5, 0.6) is 0 Å². The van der Waals surface area contributed by atoms with Crippen molar-refractivity contribution in [1.82, 2.24) is 19.4 Å². The molecule has 0 unspecified atom stereocenters. The van der Waals surface area contributed by atoms with E-state index in [2.05, 4.69) is 34.6 Å². The van der Waals surface area contributed by atoms with Gasteiger partial charge < -0.3 is 14.5 Å². The summed E-state index contributed by atoms with van der Waals surface area (Å²) < 4.78 is 4.01. The van der Waals surface area contributed by atoms with E-state index in [9.17, 15) is 4.79 Å². The molecule has 2 aromatic heterocycles. The van der Waals surface area contributed by atoms with E-state index in [1.807, 2.05) is 52.8 Å². The zero-order chi connectivity index (χ0) is 17.9. The molecular formula is C21H20N4O. The molecule has 0 radical (unpaired) electrons. The molecule has 1 amide bonds. The van der Waals surface area contributed by atoms with Gasteiger partial charge in [0.2, 0.25) is 0 Å². The minimum atomic E-state index is -0.0516. The van der Waals surface area contributed by atoms with Crippen molar-refractivity contribution in [2.75, 3.05) is 0 Å². The molecule has 0 saturated carbocycles. The van der Waals surface area contributed by atoms with Crippen molar-refractivity contribution in [2.45, 2.75) is 13.1 Å². The fraction of sp³-hybridized carbons (Fsp3) is 0.143. The standard InChI is InChI=1S/C21H20N4O/c1-24-14-19(18-4-2-3-5-20(18)24)21(26)23-12-16-6-8-17(9-7-16)13-25-11-10-22-15-25/h2-11,14-15H,12-13H2,1H3,(H,23,26). The zero-order valence-electron chi connectivity index (χ0n) is 14.6. The first kappa shape index (κ1) is 16.1. The molecule has 2 heterocycles. The summed E-state index contributed by atoms with van der Waals surface area (Å²) in [4.78, 5) is 16.6. The second-order valence-electron chi connectivity index (χ2n) is 6.41. The predicted molar refractivity (Wildman–Crippen MR) is 102 cm³/mol. The number of rotatable bonds is 5. The normalized spacial score (nSPS) is 11.0. The third kappa shape index (κ3) is 3.24. The lowest BCUT2D eigenvalue weighted by molar-refractivity contribution is 0.0952. The number of carbonyl (C=O) groups is 1. The van der Waals surface area contributed by atoms with Crippen LogP contribution in [0.15, 0.2) is 73.4 Å². The van der Waals surface area contributed by atoms with Crippen molar-refractivity contribution in [3.8, 4) is 0 Å². The van der Waals surface area contributed by atoms with E-state index in [1.54, 1.807) is 12.5 Å². The maximum atomic E-state index is 12.6. The Morgan fingerprint density at radius 1 is 1.08 bits per heavy atom. The Bertz CT molecular complexity index is 1030. The maximum Gasteiger partial charge on any atom is 0.253 e. The molecule has 0 bridgehead atoms. The van der Waals surface area contributed by atoms with Gasteiger partial charge in [0.1, 0.15) is 0 Å². The largest absolute Gasteiger partial charge is 0.350 e. The van der Waals surface area contributed by atoms with Gasteiger partial charge in [-0.1, -0.05) is 42.5 Å². The average molecular weight is 344 g/mol. The van der Waals surface area contributed by atoms with E-state index >= 15 is 0 Å². The van der Waals surface area contributed by atoms with Crippen LogP contribution in [0, 0.1) is 0 Å². The number of hydrogen-bond donors (Lipinski definition) is 1. The van der Waals surface area contributed by atoms with Crippen molar-refractivity contribution in [3.63, 3.8) is 0 Å². The fourth-order valence-corrected chi connectivity index (χ4v) is 3.15. The van der Waals surface area contributed by atoms with Crippen LogP contribution in [0.3, 0.4) is 0 Å². The molecule has 0 spiro atoms. The second-order valence-corrected chi connectivity index (χ2v) is 6.41. The molecule has 0 aliphatic carbocycles. The summed E-state index contributed by atoms with van der Waals surface area (Å²) in [6, 6.07) is 16.2. The van der Waals surface area contributed by atoms with Crippen LogP contribution in [0.25, 0.3) is 10.9 Å². The Morgan fingerprint density at radius 3 is 2.62 bits per heavy atom. The minimum Gasteiger partial charge on any atom is -0.350 e. The molecule has 0 saturated heterocycles. The van der Waals surface area contributed by atoms with Gasteiger partial charge in [0, 0.05) is 49.6 Å². The van der Waals surface area contributed by atoms with Gasteiger partial charge in [-0.2, -0.15) is 0 Å². The average Bonchev–Trinajstić information content (AvgIpc) is 3.29. The van der Waals surface area contributed by atoms with Crippen molar-refractivity contribution in [2.24, 2.45) is 7.05 Å². The number of fused-ring (bicyclic) bond motifs is 1. The first-order valence-electron chi connectivity index (χ1n) is 8.56. The number of nitrogens with zero attached hydrogens (tertiary/aromatic N) is 3. The first-order chi connectivity index (χ1) is 12.7. The van der Waals surface area contributed by atoms with Crippen LogP contribution < -0.4 is 5.32 Å². The molecule has 2 aromatic carbocycles. The molecule has 26 heavy (non-hydrogen) atoms. The number of amides is 1. The second kappa shape index (κ2) is 6.88. The smallest absolute Gasteiger partial charge is 0.253 e. The van der Waals surface area contributed by atoms with E-state index in [1.165, 1.54) is 5.56 Å². The molecule has 4 aromatic rings. The van der Waals surface area contributed by atoms with Crippen molar-refractivity contribution < 1.29 is 4.79 Å². The third-order valence-electron chi connectivity index (χ3n) is 4.54. The Balaban J connectivity index is 1.42. The highest BCUT2D eigenvalue weighted by Crippen LogP contribution is 2.20. The number of hydrogen-bond acceptors (Lipinski definition) is 2. The Morgan fingerprint density at radius 2 is 1.85 bits per heavy atom. The minimum absolute atomic E-state index is 0.0516. The summed E-state index contributed by atoms with van der Waals surface area (Å²) in [5, 5.41) is 3.99. The Labute approximate surface area is 151 Å². The molecule has 1 N–H and O–H groups in total. The predicted octanol–water partition coefficient (Wildman–Crippen LogP) is 3.35. The van der Waals surface area contributed by atoms with Crippen LogP contribution in [-0.4, -0.2) is 20.0 Å². The number of aryl methyl sites for hydroxylation is 1. The third-order valence-corrected chi connectivity index (χ3v) is 4.54. The molecule has 0 aliphatic heterocycles. The molecule has 5 nitrogen and oxygen atoms in total. The highest BCUT2D eigenvalue weighted by Gasteiger charge is 2.13. The summed E-state index contributed by atoms with van der Waals surface area (Å²) in [5.41, 5.74) is 4.04. The topological polar surface area (TPSA) is 51.9 Å². The number of carbonyl (C=O) groups excluding carboxylic acids is 1. The number of aromatic nitrogens is 3. The zero-order valence-corrected chi connectivity index (χ0v) is 14.6. The molecule has 4 rings (SSSR count). The molecule has 0 fully saturated rings. The highest BCUT2D eigenvalue weighted by molar-refractivity contribution is 6.06. The van der Waals surface area contributed by atoms with Crippen LogP contribution >= 0.6 is 0 Å². The fourth-order valence-electron chi connectivity index (χ4n) is 3.15. The summed E-state index contributed by atoms with van der Waals surface area (Å²) in [5.74, 6) is -0.0516. The summed E-state index contributed by atoms with van der Waals surface area (Å²) in [7, 11) is 1.96. The van der Waals surface area contributed by atoms with Crippen LogP contribution in [0.1, 0.15) is 21.5 Å². The number of benzene rings is 2. The van der Waals surface area contributed by atoms with Crippen LogP contribution in [0.2, 0.25) is 0 Å². The van der Waals surface area contributed by atoms with Crippen molar-refractivity contribution in [1.29, 1.82) is 0 Å². The van der Waals surface area contributed by atoms with Gasteiger partial charge in [0.05, 0.1) is 11.9 Å². The molecule has 130 valence electrons. The van der Waals surface area contributed by atoms with Gasteiger partial charge in [-0.15, -0.1) is 0 Å². The number of nitrogens with one attached hydrogen (secondary N) is 1. The first-order valence-corrected chi connectivity index (χ1v) is 8.56. The molecule has 0 aliphatic rings. The van der Waals surface area contributed by atoms with Crippen LogP contribution in [0.4, 0.5) is 0 Å². The molecule has 0 atom stereocenters. The summed E-state index contributed by atoms with van der Waals surface area (Å²) in [6.45, 7) is 1.30. The van der Waals surface area contributed by atoms with Crippen molar-refractivity contribution in [3.05, 3.63) is 90.1 Å². The van der Waals surface area contributed by atoms with E-state index in [4.69, 9.17) is 0 Å².